The van der Waals surface area contributed by atoms with Gasteiger partial charge in [0.1, 0.15) is 0 Å². The monoisotopic (exact) mass is 214 g/mol. The normalized spacial score (nSPS) is 14.2. The van der Waals surface area contributed by atoms with Crippen molar-refractivity contribution in [2.75, 3.05) is 13.1 Å². The highest BCUT2D eigenvalue weighted by atomic mass is 15.0. The van der Waals surface area contributed by atoms with Crippen molar-refractivity contribution in [3.63, 3.8) is 0 Å². The Hall–Kier alpha value is -0.0800. The van der Waals surface area contributed by atoms with E-state index in [0.29, 0.717) is 6.04 Å². The molecule has 0 aliphatic heterocycles. The lowest BCUT2D eigenvalue weighted by Gasteiger charge is -2.21. The standard InChI is InChI=1S/C13H30N2/c1-6-7-9-12(2)14-10-8-11-15-13(3,4)5/h12,14-15H,6-11H2,1-5H3. The molecule has 92 valence electrons. The van der Waals surface area contributed by atoms with Crippen molar-refractivity contribution in [3.05, 3.63) is 0 Å². The van der Waals surface area contributed by atoms with Crippen molar-refractivity contribution in [2.24, 2.45) is 0 Å². The molecule has 0 radical (unpaired) electrons. The lowest BCUT2D eigenvalue weighted by molar-refractivity contribution is 0.410. The molecular formula is C13H30N2. The summed E-state index contributed by atoms with van der Waals surface area (Å²) in [5, 5.41) is 7.06. The van der Waals surface area contributed by atoms with Gasteiger partial charge in [-0.2, -0.15) is 0 Å². The number of rotatable bonds is 8. The van der Waals surface area contributed by atoms with E-state index in [-0.39, 0.29) is 5.54 Å². The molecule has 0 amide bonds. The molecular weight excluding hydrogens is 184 g/mol. The smallest absolute Gasteiger partial charge is 0.00965 e. The molecule has 0 aliphatic carbocycles. The molecule has 2 nitrogen and oxygen atoms in total. The molecule has 2 heteroatoms. The van der Waals surface area contributed by atoms with Gasteiger partial charge in [0.25, 0.3) is 0 Å². The van der Waals surface area contributed by atoms with Crippen LogP contribution in [0, 0.1) is 0 Å². The zero-order chi connectivity index (χ0) is 11.7. The second-order valence-corrected chi connectivity index (χ2v) is 5.53. The molecule has 0 rings (SSSR count). The maximum atomic E-state index is 3.56. The fourth-order valence-corrected chi connectivity index (χ4v) is 1.51. The van der Waals surface area contributed by atoms with Gasteiger partial charge in [-0.15, -0.1) is 0 Å². The van der Waals surface area contributed by atoms with Crippen molar-refractivity contribution < 1.29 is 0 Å². The zero-order valence-corrected chi connectivity index (χ0v) is 11.3. The molecule has 0 fully saturated rings. The first-order valence-corrected chi connectivity index (χ1v) is 6.44. The average molecular weight is 214 g/mol. The van der Waals surface area contributed by atoms with Gasteiger partial charge in [-0.25, -0.2) is 0 Å². The van der Waals surface area contributed by atoms with Crippen molar-refractivity contribution in [1.82, 2.24) is 10.6 Å². The molecule has 0 aromatic heterocycles. The molecule has 1 atom stereocenters. The van der Waals surface area contributed by atoms with Gasteiger partial charge >= 0.3 is 0 Å². The fraction of sp³-hybridized carbons (Fsp3) is 1.00. The van der Waals surface area contributed by atoms with Crippen LogP contribution in [0.5, 0.6) is 0 Å². The number of hydrogen-bond acceptors (Lipinski definition) is 2. The van der Waals surface area contributed by atoms with Gasteiger partial charge in [-0.05, 0) is 53.6 Å². The second-order valence-electron chi connectivity index (χ2n) is 5.53. The maximum Gasteiger partial charge on any atom is 0.00965 e. The summed E-state index contributed by atoms with van der Waals surface area (Å²) in [6.07, 6.45) is 5.17. The van der Waals surface area contributed by atoms with Gasteiger partial charge < -0.3 is 10.6 Å². The first kappa shape index (κ1) is 14.9. The topological polar surface area (TPSA) is 24.1 Å². The van der Waals surface area contributed by atoms with Crippen LogP contribution in [0.3, 0.4) is 0 Å². The summed E-state index contributed by atoms with van der Waals surface area (Å²) in [5.41, 5.74) is 0.258. The molecule has 0 saturated carbocycles. The van der Waals surface area contributed by atoms with Crippen molar-refractivity contribution in [2.45, 2.75) is 71.9 Å². The van der Waals surface area contributed by atoms with E-state index in [2.05, 4.69) is 45.3 Å². The summed E-state index contributed by atoms with van der Waals surface area (Å²) in [6.45, 7) is 13.4. The van der Waals surface area contributed by atoms with E-state index in [1.807, 2.05) is 0 Å². The van der Waals surface area contributed by atoms with Crippen molar-refractivity contribution >= 4 is 0 Å². The third kappa shape index (κ3) is 11.8. The molecule has 0 bridgehead atoms. The Kier molecular flexibility index (Phi) is 8.07. The largest absolute Gasteiger partial charge is 0.314 e. The van der Waals surface area contributed by atoms with Crippen LogP contribution in [0.25, 0.3) is 0 Å². The molecule has 0 aliphatic rings. The third-order valence-corrected chi connectivity index (χ3v) is 2.49. The molecule has 1 unspecified atom stereocenters. The fourth-order valence-electron chi connectivity index (χ4n) is 1.51. The van der Waals surface area contributed by atoms with Crippen LogP contribution in [0.15, 0.2) is 0 Å². The van der Waals surface area contributed by atoms with Crippen molar-refractivity contribution in [3.8, 4) is 0 Å². The number of hydrogen-bond donors (Lipinski definition) is 2. The first-order valence-electron chi connectivity index (χ1n) is 6.44. The Balaban J connectivity index is 3.23. The Labute approximate surface area is 96.2 Å². The highest BCUT2D eigenvalue weighted by Gasteiger charge is 2.07. The number of unbranched alkanes of at least 4 members (excludes halogenated alkanes) is 1. The van der Waals surface area contributed by atoms with Crippen LogP contribution >= 0.6 is 0 Å². The molecule has 0 saturated heterocycles. The molecule has 0 aromatic rings. The Morgan fingerprint density at radius 2 is 1.73 bits per heavy atom. The maximum absolute atomic E-state index is 3.56. The van der Waals surface area contributed by atoms with Gasteiger partial charge in [0.15, 0.2) is 0 Å². The molecule has 15 heavy (non-hydrogen) atoms. The highest BCUT2D eigenvalue weighted by molar-refractivity contribution is 4.70. The van der Waals surface area contributed by atoms with Crippen LogP contribution in [-0.4, -0.2) is 24.7 Å². The SMILES string of the molecule is CCCCC(C)NCCCNC(C)(C)C. The molecule has 0 heterocycles. The lowest BCUT2D eigenvalue weighted by Crippen LogP contribution is -2.38. The Morgan fingerprint density at radius 1 is 1.07 bits per heavy atom. The van der Waals surface area contributed by atoms with E-state index < -0.39 is 0 Å². The third-order valence-electron chi connectivity index (χ3n) is 2.49. The summed E-state index contributed by atoms with van der Waals surface area (Å²) in [5.74, 6) is 0. The van der Waals surface area contributed by atoms with Crippen LogP contribution in [0.1, 0.15) is 60.3 Å². The highest BCUT2D eigenvalue weighted by Crippen LogP contribution is 2.00. The van der Waals surface area contributed by atoms with E-state index in [0.717, 1.165) is 13.1 Å². The summed E-state index contributed by atoms with van der Waals surface area (Å²) in [6, 6.07) is 0.680. The van der Waals surface area contributed by atoms with Crippen LogP contribution in [0.2, 0.25) is 0 Å². The van der Waals surface area contributed by atoms with E-state index in [1.165, 1.54) is 25.7 Å². The quantitative estimate of drug-likeness (QED) is 0.607. The van der Waals surface area contributed by atoms with E-state index in [1.54, 1.807) is 0 Å². The predicted molar refractivity (Wildman–Crippen MR) is 69.4 cm³/mol. The van der Waals surface area contributed by atoms with Gasteiger partial charge in [0.2, 0.25) is 0 Å². The van der Waals surface area contributed by atoms with Gasteiger partial charge in [0.05, 0.1) is 0 Å². The van der Waals surface area contributed by atoms with Gasteiger partial charge in [-0.1, -0.05) is 19.8 Å². The van der Waals surface area contributed by atoms with E-state index in [9.17, 15) is 0 Å². The zero-order valence-electron chi connectivity index (χ0n) is 11.3. The van der Waals surface area contributed by atoms with Crippen molar-refractivity contribution in [1.29, 1.82) is 0 Å². The number of nitrogens with one attached hydrogen (secondary N) is 2. The van der Waals surface area contributed by atoms with Crippen LogP contribution in [0.4, 0.5) is 0 Å². The second kappa shape index (κ2) is 8.12. The van der Waals surface area contributed by atoms with Gasteiger partial charge in [-0.3, -0.25) is 0 Å². The minimum absolute atomic E-state index is 0.258. The molecule has 2 N–H and O–H groups in total. The average Bonchev–Trinajstić information content (AvgIpc) is 2.12. The molecule has 0 spiro atoms. The summed E-state index contributed by atoms with van der Waals surface area (Å²) in [7, 11) is 0. The Morgan fingerprint density at radius 3 is 2.27 bits per heavy atom. The predicted octanol–water partition coefficient (Wildman–Crippen LogP) is 2.93. The van der Waals surface area contributed by atoms with Crippen LogP contribution < -0.4 is 10.6 Å². The molecule has 0 aromatic carbocycles. The minimum atomic E-state index is 0.258. The summed E-state index contributed by atoms with van der Waals surface area (Å²) < 4.78 is 0. The lowest BCUT2D eigenvalue weighted by atomic mass is 10.1. The summed E-state index contributed by atoms with van der Waals surface area (Å²) >= 11 is 0. The minimum Gasteiger partial charge on any atom is -0.314 e. The first-order chi connectivity index (χ1) is 6.95. The Bertz CT molecular complexity index is 138. The van der Waals surface area contributed by atoms with E-state index >= 15 is 0 Å². The van der Waals surface area contributed by atoms with Crippen LogP contribution in [-0.2, 0) is 0 Å². The van der Waals surface area contributed by atoms with Gasteiger partial charge in [0, 0.05) is 11.6 Å². The van der Waals surface area contributed by atoms with E-state index in [4.69, 9.17) is 0 Å². The summed E-state index contributed by atoms with van der Waals surface area (Å²) in [4.78, 5) is 0.